The number of nitrogens with one attached hydrogen (secondary N) is 1. The summed E-state index contributed by atoms with van der Waals surface area (Å²) < 4.78 is 0. The minimum atomic E-state index is -0.939. The molecule has 0 aromatic carbocycles. The fourth-order valence-electron chi connectivity index (χ4n) is 2.79. The van der Waals surface area contributed by atoms with Gasteiger partial charge in [0.05, 0.1) is 0 Å². The fourth-order valence-corrected chi connectivity index (χ4v) is 2.79. The van der Waals surface area contributed by atoms with Crippen LogP contribution in [-0.2, 0) is 4.79 Å². The molecule has 0 bridgehead atoms. The number of urea groups is 1. The molecule has 1 atom stereocenters. The van der Waals surface area contributed by atoms with Gasteiger partial charge in [-0.3, -0.25) is 4.79 Å². The molecule has 2 N–H and O–H groups in total. The first kappa shape index (κ1) is 16.8. The van der Waals surface area contributed by atoms with Crippen LogP contribution in [0.1, 0.15) is 65.2 Å². The van der Waals surface area contributed by atoms with Crippen molar-refractivity contribution in [2.24, 2.45) is 0 Å². The van der Waals surface area contributed by atoms with Crippen molar-refractivity contribution >= 4 is 12.0 Å². The van der Waals surface area contributed by atoms with E-state index in [1.54, 1.807) is 0 Å². The zero-order valence-corrected chi connectivity index (χ0v) is 12.7. The maximum absolute atomic E-state index is 12.3. The second-order valence-electron chi connectivity index (χ2n) is 5.81. The third-order valence-corrected chi connectivity index (χ3v) is 3.94. The van der Waals surface area contributed by atoms with Gasteiger partial charge in [-0.2, -0.15) is 0 Å². The Kier molecular flexibility index (Phi) is 7.41. The van der Waals surface area contributed by atoms with E-state index in [0.717, 1.165) is 44.9 Å². The van der Waals surface area contributed by atoms with Crippen molar-refractivity contribution in [2.45, 2.75) is 77.3 Å². The smallest absolute Gasteiger partial charge is 0.323 e. The third-order valence-electron chi connectivity index (χ3n) is 3.94. The van der Waals surface area contributed by atoms with Gasteiger partial charge in [0.2, 0.25) is 0 Å². The van der Waals surface area contributed by atoms with Crippen LogP contribution < -0.4 is 5.32 Å². The number of hydrogen-bond donors (Lipinski definition) is 2. The molecular weight excluding hydrogens is 256 g/mol. The molecule has 0 aromatic rings. The Balaban J connectivity index is 2.47. The van der Waals surface area contributed by atoms with Crippen LogP contribution in [0.4, 0.5) is 4.79 Å². The number of nitrogens with zero attached hydrogens (tertiary/aromatic N) is 1. The number of amides is 2. The average molecular weight is 284 g/mol. The first-order valence-corrected chi connectivity index (χ1v) is 7.83. The fraction of sp³-hybridized carbons (Fsp3) is 0.867. The Labute approximate surface area is 121 Å². The predicted molar refractivity (Wildman–Crippen MR) is 78.7 cm³/mol. The molecule has 1 fully saturated rings. The maximum Gasteiger partial charge on any atom is 0.323 e. The summed E-state index contributed by atoms with van der Waals surface area (Å²) >= 11 is 0. The van der Waals surface area contributed by atoms with E-state index in [0.29, 0.717) is 0 Å². The van der Waals surface area contributed by atoms with Crippen LogP contribution in [0.3, 0.4) is 0 Å². The molecule has 1 unspecified atom stereocenters. The first-order chi connectivity index (χ1) is 9.54. The van der Waals surface area contributed by atoms with Gasteiger partial charge in [-0.15, -0.1) is 0 Å². The van der Waals surface area contributed by atoms with Crippen LogP contribution in [0.2, 0.25) is 0 Å². The van der Waals surface area contributed by atoms with Gasteiger partial charge < -0.3 is 15.3 Å². The number of carbonyl (C=O) groups excluding carboxylic acids is 1. The quantitative estimate of drug-likeness (QED) is 0.673. The maximum atomic E-state index is 12.3. The van der Waals surface area contributed by atoms with E-state index in [-0.39, 0.29) is 24.7 Å². The van der Waals surface area contributed by atoms with E-state index >= 15 is 0 Å². The summed E-state index contributed by atoms with van der Waals surface area (Å²) in [5.74, 6) is -0.939. The average Bonchev–Trinajstić information content (AvgIpc) is 2.89. The molecule has 0 radical (unpaired) electrons. The summed E-state index contributed by atoms with van der Waals surface area (Å²) in [4.78, 5) is 24.7. The molecule has 0 aromatic heterocycles. The van der Waals surface area contributed by atoms with Crippen molar-refractivity contribution in [1.29, 1.82) is 0 Å². The van der Waals surface area contributed by atoms with E-state index in [4.69, 9.17) is 5.11 Å². The summed E-state index contributed by atoms with van der Waals surface area (Å²) in [6.45, 7) is 3.94. The first-order valence-electron chi connectivity index (χ1n) is 7.83. The van der Waals surface area contributed by atoms with E-state index in [1.807, 2.05) is 6.92 Å². The number of carboxylic acids is 1. The van der Waals surface area contributed by atoms with Crippen molar-refractivity contribution in [1.82, 2.24) is 10.2 Å². The summed E-state index contributed by atoms with van der Waals surface area (Å²) in [5, 5.41) is 11.9. The van der Waals surface area contributed by atoms with E-state index in [1.165, 1.54) is 11.3 Å². The number of aliphatic carboxylic acids is 1. The van der Waals surface area contributed by atoms with Gasteiger partial charge in [0.25, 0.3) is 0 Å². The highest BCUT2D eigenvalue weighted by molar-refractivity contribution is 5.80. The van der Waals surface area contributed by atoms with Crippen LogP contribution in [0.5, 0.6) is 0 Å². The topological polar surface area (TPSA) is 69.6 Å². The molecule has 1 aliphatic rings. The van der Waals surface area contributed by atoms with Gasteiger partial charge in [-0.1, -0.05) is 39.0 Å². The van der Waals surface area contributed by atoms with Crippen LogP contribution in [-0.4, -0.2) is 40.6 Å². The lowest BCUT2D eigenvalue weighted by molar-refractivity contribution is -0.138. The third kappa shape index (κ3) is 5.80. The molecule has 0 heterocycles. The minimum Gasteiger partial charge on any atom is -0.480 e. The lowest BCUT2D eigenvalue weighted by atomic mass is 10.1. The number of carbonyl (C=O) groups is 2. The minimum absolute atomic E-state index is 0.0916. The SMILES string of the molecule is CCCCCC(C)NC(=O)N(CC(=O)O)C1CCCC1. The monoisotopic (exact) mass is 284 g/mol. The normalized spacial score (nSPS) is 16.9. The van der Waals surface area contributed by atoms with Crippen molar-refractivity contribution in [3.63, 3.8) is 0 Å². The molecule has 1 rings (SSSR count). The van der Waals surface area contributed by atoms with E-state index < -0.39 is 5.97 Å². The van der Waals surface area contributed by atoms with Crippen LogP contribution in [0, 0.1) is 0 Å². The van der Waals surface area contributed by atoms with E-state index in [9.17, 15) is 9.59 Å². The number of hydrogen-bond acceptors (Lipinski definition) is 2. The van der Waals surface area contributed by atoms with Gasteiger partial charge in [-0.25, -0.2) is 4.79 Å². The van der Waals surface area contributed by atoms with Crippen LogP contribution in [0.25, 0.3) is 0 Å². The van der Waals surface area contributed by atoms with Crippen molar-refractivity contribution in [2.75, 3.05) is 6.54 Å². The van der Waals surface area contributed by atoms with Crippen LogP contribution in [0.15, 0.2) is 0 Å². The molecule has 0 aliphatic heterocycles. The molecule has 0 saturated heterocycles. The summed E-state index contributed by atoms with van der Waals surface area (Å²) in [7, 11) is 0. The van der Waals surface area contributed by atoms with Crippen molar-refractivity contribution < 1.29 is 14.7 Å². The van der Waals surface area contributed by atoms with E-state index in [2.05, 4.69) is 12.2 Å². The zero-order chi connectivity index (χ0) is 15.0. The lowest BCUT2D eigenvalue weighted by Gasteiger charge is -2.29. The molecule has 0 spiro atoms. The standard InChI is InChI=1S/C15H28N2O3/c1-3-4-5-8-12(2)16-15(20)17(11-14(18)19)13-9-6-7-10-13/h12-13H,3-11H2,1-2H3,(H,16,20)(H,18,19). The van der Waals surface area contributed by atoms with Crippen molar-refractivity contribution in [3.05, 3.63) is 0 Å². The molecule has 2 amide bonds. The number of carboxylic acid groups (broad SMARTS) is 1. The molecule has 1 saturated carbocycles. The Morgan fingerprint density at radius 1 is 1.30 bits per heavy atom. The number of rotatable bonds is 8. The Morgan fingerprint density at radius 3 is 2.50 bits per heavy atom. The Morgan fingerprint density at radius 2 is 1.95 bits per heavy atom. The van der Waals surface area contributed by atoms with Gasteiger partial charge in [0.15, 0.2) is 0 Å². The summed E-state index contributed by atoms with van der Waals surface area (Å²) in [6, 6.07) is -0.0241. The van der Waals surface area contributed by atoms with Crippen molar-refractivity contribution in [3.8, 4) is 0 Å². The molecular formula is C15H28N2O3. The molecule has 1 aliphatic carbocycles. The highest BCUT2D eigenvalue weighted by Crippen LogP contribution is 2.23. The summed E-state index contributed by atoms with van der Waals surface area (Å²) in [6.07, 6.45) is 8.39. The lowest BCUT2D eigenvalue weighted by Crippen LogP contribution is -2.49. The predicted octanol–water partition coefficient (Wildman–Crippen LogP) is 2.99. The zero-order valence-electron chi connectivity index (χ0n) is 12.7. The largest absolute Gasteiger partial charge is 0.480 e. The molecule has 20 heavy (non-hydrogen) atoms. The second-order valence-corrected chi connectivity index (χ2v) is 5.81. The van der Waals surface area contributed by atoms with Gasteiger partial charge in [0.1, 0.15) is 6.54 Å². The highest BCUT2D eigenvalue weighted by Gasteiger charge is 2.28. The molecule has 116 valence electrons. The molecule has 5 heteroatoms. The molecule has 5 nitrogen and oxygen atoms in total. The Bertz CT molecular complexity index is 314. The van der Waals surface area contributed by atoms with Gasteiger partial charge >= 0.3 is 12.0 Å². The Hall–Kier alpha value is -1.26. The highest BCUT2D eigenvalue weighted by atomic mass is 16.4. The van der Waals surface area contributed by atoms with Crippen LogP contribution >= 0.6 is 0 Å². The summed E-state index contributed by atoms with van der Waals surface area (Å²) in [5.41, 5.74) is 0. The number of unbranched alkanes of at least 4 members (excludes halogenated alkanes) is 2. The van der Waals surface area contributed by atoms with Gasteiger partial charge in [-0.05, 0) is 26.2 Å². The van der Waals surface area contributed by atoms with Gasteiger partial charge in [0, 0.05) is 12.1 Å². The second kappa shape index (κ2) is 8.82.